The molecule has 6 amide bonds. The molecule has 150 heavy (non-hydrogen) atoms. The van der Waals surface area contributed by atoms with Crippen LogP contribution in [0.1, 0.15) is 303 Å². The van der Waals surface area contributed by atoms with Gasteiger partial charge in [0.25, 0.3) is 0 Å². The predicted molar refractivity (Wildman–Crippen MR) is 568 cm³/mol. The summed E-state index contributed by atoms with van der Waals surface area (Å²) in [5, 5.41) is 36.0. The van der Waals surface area contributed by atoms with Crippen LogP contribution >= 0.6 is 46.4 Å². The van der Waals surface area contributed by atoms with Gasteiger partial charge in [-0.05, 0) is 257 Å². The summed E-state index contributed by atoms with van der Waals surface area (Å²) in [7, 11) is 0. The van der Waals surface area contributed by atoms with E-state index in [1.54, 1.807) is 36.0 Å². The number of aliphatic hydroxyl groups is 2. The number of alkyl halides is 8. The normalized spacial score (nSPS) is 15.5. The number of fused-ring (bicyclic) bond motifs is 6. The van der Waals surface area contributed by atoms with Crippen molar-refractivity contribution in [3.05, 3.63) is 139 Å². The second-order valence-corrected chi connectivity index (χ2v) is 49.0. The van der Waals surface area contributed by atoms with Crippen LogP contribution in [0.2, 0.25) is 20.1 Å². The van der Waals surface area contributed by atoms with Crippen LogP contribution in [0, 0.1) is 58.8 Å². The topological polar surface area (TPSA) is 322 Å². The first kappa shape index (κ1) is 119. The molecule has 4 aliphatic rings. The lowest BCUT2D eigenvalue weighted by Crippen LogP contribution is -2.38. The third-order valence-electron chi connectivity index (χ3n) is 27.1. The molecular formula is C108H138Cl4F12N18O8. The van der Waals surface area contributed by atoms with Crippen molar-refractivity contribution < 1.29 is 91.7 Å². The van der Waals surface area contributed by atoms with Gasteiger partial charge in [0.05, 0.1) is 110 Å². The molecule has 0 saturated heterocycles. The van der Waals surface area contributed by atoms with Gasteiger partial charge in [0.2, 0.25) is 84.0 Å². The quantitative estimate of drug-likeness (QED) is 0.0247. The molecule has 0 bridgehead atoms. The number of amides is 6. The van der Waals surface area contributed by atoms with Crippen molar-refractivity contribution in [2.24, 2.45) is 21.7 Å². The van der Waals surface area contributed by atoms with Crippen molar-refractivity contribution in [2.75, 3.05) is 38.6 Å². The molecule has 4 saturated carbocycles. The number of nitrogens with one attached hydrogen (secondary N) is 6. The number of benzene rings is 6. The zero-order valence-electron chi connectivity index (χ0n) is 89.5. The monoisotopic (exact) mass is 2180 g/mol. The number of carbonyl (C=O) groups excluding carboxylic acids is 6. The first-order valence-corrected chi connectivity index (χ1v) is 51.5. The van der Waals surface area contributed by atoms with E-state index in [1.807, 2.05) is 129 Å². The smallest absolute Gasteiger partial charge is 0.390 e. The van der Waals surface area contributed by atoms with E-state index in [0.717, 1.165) is 104 Å². The summed E-state index contributed by atoms with van der Waals surface area (Å²) >= 11 is 23.6. The molecular weight excluding hydrogens is 2050 g/mol. The Morgan fingerprint density at radius 1 is 0.407 bits per heavy atom. The molecule has 6 aromatic heterocycles. The SMILES string of the molecule is CC(C)(C)CC(=O)Nc1nc2cc(F)c(Cl)cc2n1C1(C)CCC1.CC(C)(C)n1c(NC(=O)CC(C)(C)C(F)(F)F)nc2cc(F)c(Cl)cc21.CC(C)(CC(=O)Nc1nc2cc(F)c(Cl)cc2n1C(C)(C)C)C(F)F.CC(C)(CC(=O)Nc1nc2cc(F)c(Cl)cc2n1C1(C)CCC1)C(F)F.CCC(O)(CF)CC(=O)Nc1nc2ccc(C)cc2n1C(C)(C)C.Cc1cc2c(cc1C1CC1)nc(NC(=O)CC(C)(C)O)n2C1CCC1. The van der Waals surface area contributed by atoms with E-state index in [1.165, 1.54) is 94.5 Å². The van der Waals surface area contributed by atoms with Crippen LogP contribution < -0.4 is 31.9 Å². The predicted octanol–water partition coefficient (Wildman–Crippen LogP) is 28.7. The summed E-state index contributed by atoms with van der Waals surface area (Å²) in [6.45, 7) is 42.7. The fraction of sp³-hybridized carbons (Fsp3) is 0.556. The molecule has 1 atom stereocenters. The molecule has 0 radical (unpaired) electrons. The van der Waals surface area contributed by atoms with Crippen LogP contribution in [-0.4, -0.2) is 140 Å². The molecule has 6 aromatic carbocycles. The van der Waals surface area contributed by atoms with Gasteiger partial charge in [0.1, 0.15) is 35.5 Å². The molecule has 8 N–H and O–H groups in total. The van der Waals surface area contributed by atoms with E-state index in [9.17, 15) is 91.7 Å². The van der Waals surface area contributed by atoms with Gasteiger partial charge in [0, 0.05) is 94.5 Å². The summed E-state index contributed by atoms with van der Waals surface area (Å²) < 4.78 is 170. The standard InChI is InChI=1S/C20H27N3O2.C18H21ClF3N3O.C18H23ClFN3O.C18H26FN3O2.C17H20ClF4N3O.C17H21ClF3N3O/c1-12-9-17-16(10-15(12)13-7-8-13)21-19(23(17)14-5-4-6-14)22-18(24)11-20(2,3)25;1-17(2,15(21)22)9-14(26)24-16-23-12-8-11(20)10(19)7-13(12)25(16)18(3)5-4-6-18;1-17(2,3)10-15(24)22-16-21-13-9-12(20)11(19)8-14(13)23(16)18(4)6-5-7-18;1-6-18(24,11-19)10-15(23)21-16-20-13-8-7-12(2)9-14(13)22(16)17(3,4)5;1-15(2,3)25-12-6-9(18)10(19)7-11(12)23-14(25)24-13(26)8-16(4,5)17(20,21)22;1-16(2,3)24-12-6-9(18)10(19)7-11(12)22-15(24)23-13(25)8-17(4,5)14(20)21/h9-10,13-14,25H,4-8,11H2,1-3H3,(H,21,22,24);7-8,15H,4-6,9H2,1-3H3,(H,23,24,26);8-9H,5-7,10H2,1-4H3,(H,21,22,24);7-9,24H,6,10-11H2,1-5H3,(H,20,21,23);6-7H,8H2,1-5H3,(H,23,24,26);6-7,14H,8H2,1-5H3,(H,22,23,25). The molecule has 1 unspecified atom stereocenters. The summed E-state index contributed by atoms with van der Waals surface area (Å²) in [6, 6.07) is 21.5. The number of carbonyl (C=O) groups is 6. The fourth-order valence-electron chi connectivity index (χ4n) is 18.0. The number of imidazole rings is 6. The number of anilines is 6. The summed E-state index contributed by atoms with van der Waals surface area (Å²) in [5.74, 6) is -2.46. The number of hydrogen-bond donors (Lipinski definition) is 8. The molecule has 16 rings (SSSR count). The number of hydrogen-bond acceptors (Lipinski definition) is 14. The van der Waals surface area contributed by atoms with Gasteiger partial charge < -0.3 is 37.6 Å². The van der Waals surface area contributed by atoms with Gasteiger partial charge in [-0.2, -0.15) is 13.2 Å². The Labute approximate surface area is 885 Å². The first-order valence-electron chi connectivity index (χ1n) is 50.0. The third-order valence-corrected chi connectivity index (χ3v) is 28.2. The zero-order valence-corrected chi connectivity index (χ0v) is 92.5. The van der Waals surface area contributed by atoms with Crippen LogP contribution in [0.4, 0.5) is 88.4 Å². The maximum Gasteiger partial charge on any atom is 0.394 e. The van der Waals surface area contributed by atoms with E-state index in [0.29, 0.717) is 69.3 Å². The Morgan fingerprint density at radius 2 is 0.733 bits per heavy atom. The minimum atomic E-state index is -4.52. The van der Waals surface area contributed by atoms with Gasteiger partial charge in [-0.1, -0.05) is 122 Å². The first-order chi connectivity index (χ1) is 69.0. The van der Waals surface area contributed by atoms with Crippen molar-refractivity contribution in [1.29, 1.82) is 0 Å². The fourth-order valence-corrected chi connectivity index (χ4v) is 18.6. The Hall–Kier alpha value is -10.8. The molecule has 6 heterocycles. The van der Waals surface area contributed by atoms with Crippen molar-refractivity contribution in [1.82, 2.24) is 57.3 Å². The minimum absolute atomic E-state index is 0.0294. The Morgan fingerprint density at radius 3 is 1.07 bits per heavy atom. The highest BCUT2D eigenvalue weighted by Crippen LogP contribution is 2.50. The summed E-state index contributed by atoms with van der Waals surface area (Å²) in [5.41, 5.74) is 1.79. The largest absolute Gasteiger partial charge is 0.394 e. The van der Waals surface area contributed by atoms with E-state index >= 15 is 0 Å². The van der Waals surface area contributed by atoms with Gasteiger partial charge in [-0.3, -0.25) is 60.7 Å². The highest BCUT2D eigenvalue weighted by atomic mass is 35.5. The number of nitrogens with zero attached hydrogens (tertiary/aromatic N) is 12. The molecule has 26 nitrogen and oxygen atoms in total. The van der Waals surface area contributed by atoms with Crippen molar-refractivity contribution in [3.63, 3.8) is 0 Å². The van der Waals surface area contributed by atoms with Crippen LogP contribution in [-0.2, 0) is 56.5 Å². The number of aryl methyl sites for hydroxylation is 2. The number of halogens is 16. The van der Waals surface area contributed by atoms with Gasteiger partial charge in [-0.15, -0.1) is 0 Å². The van der Waals surface area contributed by atoms with Gasteiger partial charge in [0.15, 0.2) is 0 Å². The lowest BCUT2D eigenvalue weighted by Gasteiger charge is -2.41. The Kier molecular flexibility index (Phi) is 35.9. The van der Waals surface area contributed by atoms with Crippen LogP contribution in [0.5, 0.6) is 0 Å². The molecule has 820 valence electrons. The van der Waals surface area contributed by atoms with Crippen molar-refractivity contribution in [3.8, 4) is 0 Å². The highest BCUT2D eigenvalue weighted by Gasteiger charge is 2.49. The number of rotatable bonds is 25. The minimum Gasteiger partial charge on any atom is -0.390 e. The molecule has 4 fully saturated rings. The van der Waals surface area contributed by atoms with Crippen LogP contribution in [0.3, 0.4) is 0 Å². The lowest BCUT2D eigenvalue weighted by atomic mass is 9.78. The third kappa shape index (κ3) is 28.6. The van der Waals surface area contributed by atoms with Gasteiger partial charge in [-0.25, -0.2) is 69.4 Å². The molecule has 0 spiro atoms. The maximum absolute atomic E-state index is 13.8. The Balaban J connectivity index is 0.000000171. The molecule has 0 aliphatic heterocycles. The zero-order chi connectivity index (χ0) is 112. The average Bonchev–Trinajstić information content (AvgIpc) is 1.63. The molecule has 12 aromatic rings. The lowest BCUT2D eigenvalue weighted by molar-refractivity contribution is -0.213. The second kappa shape index (κ2) is 45.1. The molecule has 42 heteroatoms. The van der Waals surface area contributed by atoms with E-state index < -0.39 is 118 Å². The summed E-state index contributed by atoms with van der Waals surface area (Å²) in [4.78, 5) is 100. The molecule has 4 aliphatic carbocycles. The van der Waals surface area contributed by atoms with E-state index in [-0.39, 0.29) is 109 Å². The van der Waals surface area contributed by atoms with E-state index in [2.05, 4.69) is 87.4 Å². The summed E-state index contributed by atoms with van der Waals surface area (Å²) in [6.07, 6.45) is 0.977. The van der Waals surface area contributed by atoms with Gasteiger partial charge >= 0.3 is 6.18 Å². The van der Waals surface area contributed by atoms with Crippen molar-refractivity contribution in [2.45, 2.75) is 359 Å². The highest BCUT2D eigenvalue weighted by molar-refractivity contribution is 6.32. The maximum atomic E-state index is 13.8. The van der Waals surface area contributed by atoms with Crippen molar-refractivity contribution >= 4 is 184 Å². The van der Waals surface area contributed by atoms with Crippen LogP contribution in [0.15, 0.2) is 78.9 Å². The van der Waals surface area contributed by atoms with E-state index in [4.69, 9.17) is 51.4 Å². The van der Waals surface area contributed by atoms with Crippen LogP contribution in [0.25, 0.3) is 66.2 Å². The Bertz CT molecular complexity index is 7030. The number of aromatic nitrogens is 12. The second-order valence-electron chi connectivity index (χ2n) is 47.3. The average molecular weight is 2190 g/mol.